The van der Waals surface area contributed by atoms with Gasteiger partial charge in [-0.3, -0.25) is 4.79 Å². The van der Waals surface area contributed by atoms with E-state index in [4.69, 9.17) is 0 Å². The summed E-state index contributed by atoms with van der Waals surface area (Å²) in [7, 11) is 0. The van der Waals surface area contributed by atoms with Gasteiger partial charge >= 0.3 is 0 Å². The van der Waals surface area contributed by atoms with E-state index in [2.05, 4.69) is 5.32 Å². The van der Waals surface area contributed by atoms with E-state index in [1.54, 1.807) is 6.07 Å². The minimum absolute atomic E-state index is 0.162. The van der Waals surface area contributed by atoms with E-state index in [0.29, 0.717) is 11.2 Å². The Hall–Kier alpha value is -2.40. The molecular weight excluding hydrogens is 256 g/mol. The Bertz CT molecular complexity index is 572. The second kappa shape index (κ2) is 6.68. The number of benzene rings is 1. The summed E-state index contributed by atoms with van der Waals surface area (Å²) in [6, 6.07) is 12.3. The molecule has 0 aliphatic heterocycles. The molecule has 0 fully saturated rings. The van der Waals surface area contributed by atoms with Gasteiger partial charge in [-0.15, -0.1) is 0 Å². The van der Waals surface area contributed by atoms with Gasteiger partial charge in [0, 0.05) is 6.07 Å². The van der Waals surface area contributed by atoms with Gasteiger partial charge in [0.15, 0.2) is 12.4 Å². The zero-order valence-corrected chi connectivity index (χ0v) is 10.9. The monoisotopic (exact) mass is 272 g/mol. The van der Waals surface area contributed by atoms with E-state index >= 15 is 0 Å². The largest absolute Gasteiger partial charge is 0.619 e. The van der Waals surface area contributed by atoms with Gasteiger partial charge in [0.2, 0.25) is 0 Å². The molecule has 0 spiro atoms. The van der Waals surface area contributed by atoms with Gasteiger partial charge in [0.05, 0.1) is 12.6 Å². The number of aliphatic hydroxyl groups excluding tert-OH is 1. The Kier molecular flexibility index (Phi) is 4.68. The molecule has 0 bridgehead atoms. The summed E-state index contributed by atoms with van der Waals surface area (Å²) in [5, 5.41) is 23.2. The van der Waals surface area contributed by atoms with E-state index < -0.39 is 0 Å². The fourth-order valence-corrected chi connectivity index (χ4v) is 1.92. The van der Waals surface area contributed by atoms with Gasteiger partial charge in [-0.1, -0.05) is 30.3 Å². The van der Waals surface area contributed by atoms with E-state index in [1.165, 1.54) is 18.5 Å². The molecule has 0 radical (unpaired) electrons. The maximum atomic E-state index is 12.0. The van der Waals surface area contributed by atoms with Crippen molar-refractivity contribution in [2.75, 3.05) is 6.61 Å². The van der Waals surface area contributed by atoms with Crippen molar-refractivity contribution in [1.29, 1.82) is 0 Å². The number of aromatic nitrogens is 1. The van der Waals surface area contributed by atoms with Crippen LogP contribution >= 0.6 is 0 Å². The van der Waals surface area contributed by atoms with E-state index in [1.807, 2.05) is 30.3 Å². The SMILES string of the molecule is O=C(N[C@H](CO)Cc1ccccc1)c1ccc[n+]([O-])c1. The third-order valence-corrected chi connectivity index (χ3v) is 2.92. The number of rotatable bonds is 5. The summed E-state index contributed by atoms with van der Waals surface area (Å²) in [5.74, 6) is -0.370. The molecule has 0 unspecified atom stereocenters. The number of pyridine rings is 1. The predicted octanol–water partition coefficient (Wildman–Crippen LogP) is 0.653. The fourth-order valence-electron chi connectivity index (χ4n) is 1.92. The number of hydrogen-bond acceptors (Lipinski definition) is 3. The van der Waals surface area contributed by atoms with Gasteiger partial charge in [-0.25, -0.2) is 0 Å². The molecule has 0 aliphatic carbocycles. The lowest BCUT2D eigenvalue weighted by Crippen LogP contribution is -2.40. The highest BCUT2D eigenvalue weighted by Crippen LogP contribution is 2.04. The minimum Gasteiger partial charge on any atom is -0.619 e. The third kappa shape index (κ3) is 3.80. The molecule has 1 aromatic carbocycles. The van der Waals surface area contributed by atoms with Crippen molar-refractivity contribution in [3.8, 4) is 0 Å². The highest BCUT2D eigenvalue weighted by atomic mass is 16.5. The molecule has 1 atom stereocenters. The molecule has 20 heavy (non-hydrogen) atoms. The summed E-state index contributed by atoms with van der Waals surface area (Å²) < 4.78 is 0.570. The number of nitrogens with zero attached hydrogens (tertiary/aromatic N) is 1. The molecule has 5 heteroatoms. The molecular formula is C15H16N2O3. The second-order valence-electron chi connectivity index (χ2n) is 4.50. The highest BCUT2D eigenvalue weighted by molar-refractivity contribution is 5.93. The minimum atomic E-state index is -0.384. The first-order chi connectivity index (χ1) is 9.69. The Morgan fingerprint density at radius 2 is 2.00 bits per heavy atom. The van der Waals surface area contributed by atoms with Crippen LogP contribution < -0.4 is 10.0 Å². The molecule has 1 amide bonds. The van der Waals surface area contributed by atoms with Crippen LogP contribution in [0.3, 0.4) is 0 Å². The summed E-state index contributed by atoms with van der Waals surface area (Å²) in [4.78, 5) is 12.0. The first-order valence-electron chi connectivity index (χ1n) is 6.33. The van der Waals surface area contributed by atoms with Gasteiger partial charge in [0.25, 0.3) is 5.91 Å². The Morgan fingerprint density at radius 3 is 2.65 bits per heavy atom. The highest BCUT2D eigenvalue weighted by Gasteiger charge is 2.15. The number of carbonyl (C=O) groups is 1. The summed E-state index contributed by atoms with van der Waals surface area (Å²) in [5.41, 5.74) is 1.30. The Labute approximate surface area is 117 Å². The van der Waals surface area contributed by atoms with Crippen molar-refractivity contribution in [3.05, 3.63) is 71.2 Å². The maximum Gasteiger partial charge on any atom is 0.257 e. The molecule has 104 valence electrons. The van der Waals surface area contributed by atoms with Crippen LogP contribution in [-0.4, -0.2) is 23.7 Å². The third-order valence-electron chi connectivity index (χ3n) is 2.92. The van der Waals surface area contributed by atoms with Crippen LogP contribution in [0, 0.1) is 5.21 Å². The van der Waals surface area contributed by atoms with E-state index in [-0.39, 0.29) is 24.1 Å². The molecule has 1 aromatic heterocycles. The lowest BCUT2D eigenvalue weighted by molar-refractivity contribution is -0.605. The number of hydrogen-bond donors (Lipinski definition) is 2. The van der Waals surface area contributed by atoms with Crippen molar-refractivity contribution in [2.45, 2.75) is 12.5 Å². The zero-order chi connectivity index (χ0) is 14.4. The topological polar surface area (TPSA) is 76.3 Å². The number of carbonyl (C=O) groups excluding carboxylic acids is 1. The smallest absolute Gasteiger partial charge is 0.257 e. The van der Waals surface area contributed by atoms with E-state index in [9.17, 15) is 15.1 Å². The predicted molar refractivity (Wildman–Crippen MR) is 73.9 cm³/mol. The van der Waals surface area contributed by atoms with Gasteiger partial charge in [0.1, 0.15) is 5.56 Å². The average molecular weight is 272 g/mol. The Balaban J connectivity index is 2.01. The lowest BCUT2D eigenvalue weighted by atomic mass is 10.1. The molecule has 5 nitrogen and oxygen atoms in total. The van der Waals surface area contributed by atoms with Crippen LogP contribution in [-0.2, 0) is 6.42 Å². The lowest BCUT2D eigenvalue weighted by Gasteiger charge is -2.16. The number of amides is 1. The summed E-state index contributed by atoms with van der Waals surface area (Å²) in [6.07, 6.45) is 3.05. The molecule has 0 aliphatic rings. The number of aliphatic hydroxyl groups is 1. The number of nitrogens with one attached hydrogen (secondary N) is 1. The first kappa shape index (κ1) is 14.0. The first-order valence-corrected chi connectivity index (χ1v) is 6.33. The van der Waals surface area contributed by atoms with Crippen LogP contribution in [0.15, 0.2) is 54.9 Å². The average Bonchev–Trinajstić information content (AvgIpc) is 2.47. The Morgan fingerprint density at radius 1 is 1.25 bits per heavy atom. The molecule has 2 aromatic rings. The summed E-state index contributed by atoms with van der Waals surface area (Å²) >= 11 is 0. The van der Waals surface area contributed by atoms with Crippen LogP contribution in [0.4, 0.5) is 0 Å². The van der Waals surface area contributed by atoms with Crippen molar-refractivity contribution in [2.24, 2.45) is 0 Å². The van der Waals surface area contributed by atoms with Crippen molar-refractivity contribution < 1.29 is 14.6 Å². The molecule has 0 saturated carbocycles. The quantitative estimate of drug-likeness (QED) is 0.620. The van der Waals surface area contributed by atoms with Crippen molar-refractivity contribution in [1.82, 2.24) is 5.32 Å². The molecule has 2 rings (SSSR count). The normalized spacial score (nSPS) is 11.8. The second-order valence-corrected chi connectivity index (χ2v) is 4.50. The molecule has 0 saturated heterocycles. The van der Waals surface area contributed by atoms with E-state index in [0.717, 1.165) is 5.56 Å². The zero-order valence-electron chi connectivity index (χ0n) is 10.9. The standard InChI is InChI=1S/C15H16N2O3/c18-11-14(9-12-5-2-1-3-6-12)16-15(19)13-7-4-8-17(20)10-13/h1-8,10,14,18H,9,11H2,(H,16,19)/t14-/m0/s1. The summed E-state index contributed by atoms with van der Waals surface area (Å²) in [6.45, 7) is -0.162. The van der Waals surface area contributed by atoms with Gasteiger partial charge in [-0.2, -0.15) is 4.73 Å². The van der Waals surface area contributed by atoms with Crippen LogP contribution in [0.2, 0.25) is 0 Å². The molecule has 1 heterocycles. The van der Waals surface area contributed by atoms with Crippen molar-refractivity contribution in [3.63, 3.8) is 0 Å². The van der Waals surface area contributed by atoms with Gasteiger partial charge in [-0.05, 0) is 18.1 Å². The fraction of sp³-hybridized carbons (Fsp3) is 0.200. The van der Waals surface area contributed by atoms with Crippen molar-refractivity contribution >= 4 is 5.91 Å². The van der Waals surface area contributed by atoms with Crippen LogP contribution in [0.5, 0.6) is 0 Å². The maximum absolute atomic E-state index is 12.0. The molecule has 2 N–H and O–H groups in total. The van der Waals surface area contributed by atoms with Crippen LogP contribution in [0.1, 0.15) is 15.9 Å². The van der Waals surface area contributed by atoms with Gasteiger partial charge < -0.3 is 15.6 Å². The van der Waals surface area contributed by atoms with Crippen LogP contribution in [0.25, 0.3) is 0 Å².